The number of benzene rings is 2. The number of ketones is 1. The smallest absolute Gasteiger partial charge is 0.343 e. The maximum atomic E-state index is 12.3. The van der Waals surface area contributed by atoms with Gasteiger partial charge in [-0.2, -0.15) is 0 Å². The predicted octanol–water partition coefficient (Wildman–Crippen LogP) is 4.23. The van der Waals surface area contributed by atoms with E-state index < -0.39 is 11.6 Å². The van der Waals surface area contributed by atoms with Gasteiger partial charge in [0.25, 0.3) is 0 Å². The van der Waals surface area contributed by atoms with Crippen LogP contribution in [0.25, 0.3) is 17.0 Å². The Kier molecular flexibility index (Phi) is 5.93. The van der Waals surface area contributed by atoms with Crippen molar-refractivity contribution in [2.45, 2.75) is 13.8 Å². The molecule has 0 bridgehead atoms. The van der Waals surface area contributed by atoms with E-state index >= 15 is 0 Å². The number of carbonyl (C=O) groups is 2. The van der Waals surface area contributed by atoms with Crippen molar-refractivity contribution >= 4 is 34.5 Å². The second-order valence-electron chi connectivity index (χ2n) is 6.46. The number of carboxylic acid groups (broad SMARTS) is 1. The van der Waals surface area contributed by atoms with E-state index in [2.05, 4.69) is 18.7 Å². The molecule has 0 aliphatic carbocycles. The lowest BCUT2D eigenvalue weighted by Crippen LogP contribution is -2.21. The highest BCUT2D eigenvalue weighted by molar-refractivity contribution is 6.07. The minimum atomic E-state index is -1.06. The van der Waals surface area contributed by atoms with Gasteiger partial charge in [-0.15, -0.1) is 0 Å². The summed E-state index contributed by atoms with van der Waals surface area (Å²) in [5.41, 5.74) is 1.65. The van der Waals surface area contributed by atoms with Gasteiger partial charge in [0.05, 0.1) is 11.1 Å². The lowest BCUT2D eigenvalue weighted by Gasteiger charge is -2.20. The van der Waals surface area contributed by atoms with Crippen molar-refractivity contribution < 1.29 is 19.1 Å². The van der Waals surface area contributed by atoms with Gasteiger partial charge >= 0.3 is 11.6 Å². The Bertz CT molecular complexity index is 1140. The number of nitrogens with zero attached hydrogens (tertiary/aromatic N) is 1. The first kappa shape index (κ1) is 20.1. The molecule has 3 rings (SSSR count). The Labute approximate surface area is 167 Å². The number of carbonyl (C=O) groups excluding carboxylic acids is 1. The Morgan fingerprint density at radius 2 is 1.66 bits per heavy atom. The van der Waals surface area contributed by atoms with Crippen LogP contribution in [0.4, 0.5) is 5.69 Å². The normalized spacial score (nSPS) is 11.1. The molecule has 1 aromatic heterocycles. The topological polar surface area (TPSA) is 87.8 Å². The Balaban J connectivity index is 1.86. The number of anilines is 1. The largest absolute Gasteiger partial charge is 0.478 e. The minimum absolute atomic E-state index is 0.102. The maximum absolute atomic E-state index is 12.3. The van der Waals surface area contributed by atoms with E-state index in [9.17, 15) is 14.4 Å². The zero-order chi connectivity index (χ0) is 21.0. The number of carboxylic acids is 1. The number of aromatic carboxylic acids is 1. The van der Waals surface area contributed by atoms with Crippen molar-refractivity contribution in [2.24, 2.45) is 0 Å². The molecule has 148 valence electrons. The first-order valence-electron chi connectivity index (χ1n) is 9.31. The van der Waals surface area contributed by atoms with Gasteiger partial charge in [-0.25, -0.2) is 9.59 Å². The molecule has 6 heteroatoms. The fourth-order valence-electron chi connectivity index (χ4n) is 3.06. The van der Waals surface area contributed by atoms with Crippen LogP contribution < -0.4 is 10.5 Å². The van der Waals surface area contributed by atoms with E-state index in [1.54, 1.807) is 6.07 Å². The molecule has 0 aliphatic heterocycles. The van der Waals surface area contributed by atoms with Crippen molar-refractivity contribution in [3.63, 3.8) is 0 Å². The monoisotopic (exact) mass is 391 g/mol. The number of hydrogen-bond acceptors (Lipinski definition) is 5. The Hall–Kier alpha value is -3.67. The SMILES string of the molecule is CCN(CC)c1ccc2cc(/C=C/C(=O)c3ccc(C(=O)O)cc3)c(=O)oc2c1. The molecular formula is C23H21NO5. The van der Waals surface area contributed by atoms with Crippen LogP contribution in [0.2, 0.25) is 0 Å². The summed E-state index contributed by atoms with van der Waals surface area (Å²) in [5, 5.41) is 9.67. The highest BCUT2D eigenvalue weighted by atomic mass is 16.4. The van der Waals surface area contributed by atoms with Crippen LogP contribution in [-0.2, 0) is 0 Å². The van der Waals surface area contributed by atoms with Crippen LogP contribution >= 0.6 is 0 Å². The highest BCUT2D eigenvalue weighted by Gasteiger charge is 2.09. The lowest BCUT2D eigenvalue weighted by molar-refractivity contribution is 0.0696. The van der Waals surface area contributed by atoms with Crippen LogP contribution in [0, 0.1) is 0 Å². The molecule has 0 atom stereocenters. The van der Waals surface area contributed by atoms with Gasteiger partial charge in [0.1, 0.15) is 5.58 Å². The molecule has 0 saturated carbocycles. The second-order valence-corrected chi connectivity index (χ2v) is 6.46. The van der Waals surface area contributed by atoms with E-state index in [-0.39, 0.29) is 16.9 Å². The molecule has 0 aliphatic rings. The molecule has 0 saturated heterocycles. The highest BCUT2D eigenvalue weighted by Crippen LogP contribution is 2.22. The van der Waals surface area contributed by atoms with E-state index in [0.717, 1.165) is 24.2 Å². The average Bonchev–Trinajstić information content (AvgIpc) is 2.73. The van der Waals surface area contributed by atoms with Crippen LogP contribution in [0.1, 0.15) is 40.1 Å². The number of allylic oxidation sites excluding steroid dienone is 1. The lowest BCUT2D eigenvalue weighted by atomic mass is 10.1. The molecule has 0 radical (unpaired) electrons. The average molecular weight is 391 g/mol. The van der Waals surface area contributed by atoms with E-state index in [1.165, 1.54) is 36.4 Å². The number of rotatable bonds is 7. The van der Waals surface area contributed by atoms with Crippen LogP contribution in [0.5, 0.6) is 0 Å². The standard InChI is InChI=1S/C23H21NO5/c1-3-24(4-2)19-11-9-17-13-18(23(28)29-21(17)14-19)10-12-20(25)15-5-7-16(8-6-15)22(26)27/h5-14H,3-4H2,1-2H3,(H,26,27)/b12-10+. The molecule has 0 spiro atoms. The summed E-state index contributed by atoms with van der Waals surface area (Å²) in [5.74, 6) is -1.39. The molecule has 1 N–H and O–H groups in total. The maximum Gasteiger partial charge on any atom is 0.343 e. The van der Waals surface area contributed by atoms with Crippen molar-refractivity contribution in [1.29, 1.82) is 0 Å². The van der Waals surface area contributed by atoms with Gasteiger partial charge in [-0.3, -0.25) is 4.79 Å². The van der Waals surface area contributed by atoms with Gasteiger partial charge in [-0.05, 0) is 56.3 Å². The second kappa shape index (κ2) is 8.56. The first-order valence-corrected chi connectivity index (χ1v) is 9.31. The third kappa shape index (κ3) is 4.43. The minimum Gasteiger partial charge on any atom is -0.478 e. The molecule has 0 unspecified atom stereocenters. The first-order chi connectivity index (χ1) is 13.9. The van der Waals surface area contributed by atoms with E-state index in [4.69, 9.17) is 9.52 Å². The molecule has 3 aromatic rings. The van der Waals surface area contributed by atoms with Crippen LogP contribution in [0.3, 0.4) is 0 Å². The molecule has 29 heavy (non-hydrogen) atoms. The van der Waals surface area contributed by atoms with Crippen molar-refractivity contribution in [2.75, 3.05) is 18.0 Å². The fourth-order valence-corrected chi connectivity index (χ4v) is 3.06. The number of hydrogen-bond donors (Lipinski definition) is 1. The zero-order valence-electron chi connectivity index (χ0n) is 16.2. The quantitative estimate of drug-likeness (QED) is 0.368. The summed E-state index contributed by atoms with van der Waals surface area (Å²) in [4.78, 5) is 37.6. The number of fused-ring (bicyclic) bond motifs is 1. The summed E-state index contributed by atoms with van der Waals surface area (Å²) >= 11 is 0. The van der Waals surface area contributed by atoms with Gasteiger partial charge in [0.2, 0.25) is 0 Å². The Morgan fingerprint density at radius 3 is 2.28 bits per heavy atom. The van der Waals surface area contributed by atoms with Crippen LogP contribution in [-0.4, -0.2) is 29.9 Å². The van der Waals surface area contributed by atoms with Crippen molar-refractivity contribution in [3.05, 3.63) is 81.7 Å². The summed E-state index contributed by atoms with van der Waals surface area (Å²) in [6.07, 6.45) is 2.69. The molecule has 0 fully saturated rings. The third-order valence-electron chi connectivity index (χ3n) is 4.71. The summed E-state index contributed by atoms with van der Waals surface area (Å²) in [6, 6.07) is 13.0. The zero-order valence-corrected chi connectivity index (χ0v) is 16.2. The van der Waals surface area contributed by atoms with Crippen molar-refractivity contribution in [1.82, 2.24) is 0 Å². The molecule has 1 heterocycles. The molecular weight excluding hydrogens is 370 g/mol. The predicted molar refractivity (Wildman–Crippen MR) is 113 cm³/mol. The van der Waals surface area contributed by atoms with Gasteiger partial charge in [-0.1, -0.05) is 12.1 Å². The summed E-state index contributed by atoms with van der Waals surface area (Å²) in [6.45, 7) is 5.82. The summed E-state index contributed by atoms with van der Waals surface area (Å²) < 4.78 is 5.44. The van der Waals surface area contributed by atoms with Crippen LogP contribution in [0.15, 0.2) is 63.8 Å². The molecule has 2 aromatic carbocycles. The fraction of sp³-hybridized carbons (Fsp3) is 0.174. The van der Waals surface area contributed by atoms with Gasteiger partial charge in [0, 0.05) is 35.8 Å². The molecule has 6 nitrogen and oxygen atoms in total. The Morgan fingerprint density at radius 1 is 1.00 bits per heavy atom. The molecule has 0 amide bonds. The summed E-state index contributed by atoms with van der Waals surface area (Å²) in [7, 11) is 0. The van der Waals surface area contributed by atoms with Crippen molar-refractivity contribution in [3.8, 4) is 0 Å². The van der Waals surface area contributed by atoms with E-state index in [1.807, 2.05) is 18.2 Å². The van der Waals surface area contributed by atoms with Gasteiger partial charge < -0.3 is 14.4 Å². The van der Waals surface area contributed by atoms with E-state index in [0.29, 0.717) is 11.1 Å². The van der Waals surface area contributed by atoms with Gasteiger partial charge in [0.15, 0.2) is 5.78 Å². The third-order valence-corrected chi connectivity index (χ3v) is 4.71.